The van der Waals surface area contributed by atoms with Gasteiger partial charge in [0.05, 0.1) is 11.0 Å². The summed E-state index contributed by atoms with van der Waals surface area (Å²) in [5.41, 5.74) is 8.48. The van der Waals surface area contributed by atoms with Gasteiger partial charge in [0.1, 0.15) is 0 Å². The van der Waals surface area contributed by atoms with Gasteiger partial charge in [0.2, 0.25) is 5.91 Å². The quantitative estimate of drug-likeness (QED) is 0.352. The predicted molar refractivity (Wildman–Crippen MR) is 116 cm³/mol. The van der Waals surface area contributed by atoms with Crippen LogP contribution in [0.3, 0.4) is 0 Å². The Bertz CT molecular complexity index is 1450. The molecule has 0 aliphatic carbocycles. The first kappa shape index (κ1) is 19.4. The van der Waals surface area contributed by atoms with Gasteiger partial charge >= 0.3 is 0 Å². The van der Waals surface area contributed by atoms with Gasteiger partial charge in [0.15, 0.2) is 17.5 Å². The molecule has 5 rings (SSSR count). The maximum absolute atomic E-state index is 13.8. The van der Waals surface area contributed by atoms with Gasteiger partial charge < -0.3 is 10.3 Å². The van der Waals surface area contributed by atoms with E-state index in [1.165, 1.54) is 0 Å². The lowest BCUT2D eigenvalue weighted by Crippen LogP contribution is -2.11. The number of thiophene rings is 1. The zero-order chi connectivity index (χ0) is 21.7. The Morgan fingerprint density at radius 1 is 1.03 bits per heavy atom. The lowest BCUT2D eigenvalue weighted by Gasteiger charge is -2.10. The van der Waals surface area contributed by atoms with Crippen LogP contribution in [0.1, 0.15) is 15.9 Å². The number of benzene rings is 3. The number of halogens is 3. The molecule has 0 saturated heterocycles. The molecule has 2 N–H and O–H groups in total. The van der Waals surface area contributed by atoms with E-state index in [9.17, 15) is 18.0 Å². The second-order valence-electron chi connectivity index (χ2n) is 7.15. The number of nitrogens with zero attached hydrogens (tertiary/aromatic N) is 1. The summed E-state index contributed by atoms with van der Waals surface area (Å²) in [5, 5.41) is 3.25. The average molecular weight is 435 g/mol. The molecule has 0 saturated carbocycles. The molecule has 0 fully saturated rings. The number of carbonyl (C=O) groups excluding carboxylic acids is 1. The van der Waals surface area contributed by atoms with Crippen molar-refractivity contribution >= 4 is 39.0 Å². The van der Waals surface area contributed by atoms with Crippen molar-refractivity contribution in [2.45, 2.75) is 6.54 Å². The highest BCUT2D eigenvalue weighted by Crippen LogP contribution is 2.35. The van der Waals surface area contributed by atoms with Crippen molar-refractivity contribution in [3.63, 3.8) is 0 Å². The lowest BCUT2D eigenvalue weighted by atomic mass is 10.0. The third-order valence-corrected chi connectivity index (χ3v) is 6.17. The third kappa shape index (κ3) is 3.18. The molecule has 2 aromatic heterocycles. The van der Waals surface area contributed by atoms with E-state index >= 15 is 0 Å². The first-order chi connectivity index (χ1) is 14.9. The Morgan fingerprint density at radius 3 is 2.48 bits per heavy atom. The second kappa shape index (κ2) is 7.28. The standard InChI is InChI=1S/C24H14F3N2OS/c25-17-9-13(10-18(26)23(17)27)12-29-19-4-1-3-16(24(28)30)22(19)15-7-6-14(11-20(15)29)21-5-2-8-31-21/h1-6,8-11H,12H2,(H2,28,30). The Balaban J connectivity index is 1.81. The molecule has 3 nitrogen and oxygen atoms in total. The van der Waals surface area contributed by atoms with Crippen molar-refractivity contribution in [3.8, 4) is 10.4 Å². The molecule has 2 heterocycles. The molecule has 0 aliphatic heterocycles. The van der Waals surface area contributed by atoms with Crippen molar-refractivity contribution in [2.24, 2.45) is 5.73 Å². The second-order valence-corrected chi connectivity index (χ2v) is 8.10. The van der Waals surface area contributed by atoms with Crippen LogP contribution in [-0.2, 0) is 6.54 Å². The van der Waals surface area contributed by atoms with Gasteiger partial charge in [-0.1, -0.05) is 12.1 Å². The number of carbonyl (C=O) groups is 1. The summed E-state index contributed by atoms with van der Waals surface area (Å²) in [6, 6.07) is 18.0. The van der Waals surface area contributed by atoms with Crippen LogP contribution in [0.15, 0.2) is 60.0 Å². The minimum absolute atomic E-state index is 0.0675. The summed E-state index contributed by atoms with van der Waals surface area (Å²) < 4.78 is 42.9. The largest absolute Gasteiger partial charge is 0.366 e. The smallest absolute Gasteiger partial charge is 0.249 e. The number of fused-ring (bicyclic) bond motifs is 3. The monoisotopic (exact) mass is 435 g/mol. The SMILES string of the molecule is NC(=O)c1cccc2c1c1[c]cc(-c3cccs3)cc1n2Cc1cc(F)c(F)c(F)c1. The molecule has 0 unspecified atom stereocenters. The Labute approximate surface area is 179 Å². The molecule has 1 radical (unpaired) electrons. The van der Waals surface area contributed by atoms with E-state index in [2.05, 4.69) is 6.07 Å². The number of amides is 1. The number of primary amides is 1. The van der Waals surface area contributed by atoms with Crippen molar-refractivity contribution < 1.29 is 18.0 Å². The summed E-state index contributed by atoms with van der Waals surface area (Å²) in [6.07, 6.45) is 0. The highest BCUT2D eigenvalue weighted by Gasteiger charge is 2.19. The van der Waals surface area contributed by atoms with Crippen LogP contribution < -0.4 is 5.73 Å². The van der Waals surface area contributed by atoms with Gasteiger partial charge in [0, 0.05) is 27.8 Å². The summed E-state index contributed by atoms with van der Waals surface area (Å²) in [4.78, 5) is 13.1. The van der Waals surface area contributed by atoms with Crippen LogP contribution >= 0.6 is 11.3 Å². The number of aromatic nitrogens is 1. The van der Waals surface area contributed by atoms with E-state index in [4.69, 9.17) is 5.73 Å². The average Bonchev–Trinajstić information content (AvgIpc) is 3.39. The van der Waals surface area contributed by atoms with Gasteiger partial charge in [-0.15, -0.1) is 11.3 Å². The molecule has 3 aromatic carbocycles. The third-order valence-electron chi connectivity index (χ3n) is 5.25. The summed E-state index contributed by atoms with van der Waals surface area (Å²) in [6.45, 7) is 0.0675. The summed E-state index contributed by atoms with van der Waals surface area (Å²) in [5.74, 6) is -4.59. The Hall–Kier alpha value is -3.58. The molecule has 0 spiro atoms. The van der Waals surface area contributed by atoms with Gasteiger partial charge in [-0.25, -0.2) is 13.2 Å². The minimum Gasteiger partial charge on any atom is -0.366 e. The molecule has 7 heteroatoms. The van der Waals surface area contributed by atoms with E-state index < -0.39 is 23.4 Å². The predicted octanol–water partition coefficient (Wildman–Crippen LogP) is 5.89. The maximum Gasteiger partial charge on any atom is 0.249 e. The molecule has 153 valence electrons. The molecule has 31 heavy (non-hydrogen) atoms. The Morgan fingerprint density at radius 2 is 1.81 bits per heavy atom. The van der Waals surface area contributed by atoms with E-state index in [-0.39, 0.29) is 12.1 Å². The molecule has 0 atom stereocenters. The molecular weight excluding hydrogens is 421 g/mol. The van der Waals surface area contributed by atoms with Crippen molar-refractivity contribution in [1.82, 2.24) is 4.57 Å². The van der Waals surface area contributed by atoms with E-state index in [0.717, 1.165) is 28.1 Å². The van der Waals surface area contributed by atoms with E-state index in [1.807, 2.05) is 34.2 Å². The number of rotatable bonds is 4. The van der Waals surface area contributed by atoms with Crippen LogP contribution in [0.5, 0.6) is 0 Å². The topological polar surface area (TPSA) is 48.0 Å². The minimum atomic E-state index is -1.50. The van der Waals surface area contributed by atoms with E-state index in [0.29, 0.717) is 21.9 Å². The maximum atomic E-state index is 13.8. The lowest BCUT2D eigenvalue weighted by molar-refractivity contribution is 0.100. The summed E-state index contributed by atoms with van der Waals surface area (Å²) in [7, 11) is 0. The van der Waals surface area contributed by atoms with Gasteiger partial charge in [0.25, 0.3) is 0 Å². The number of nitrogens with two attached hydrogens (primary N) is 1. The van der Waals surface area contributed by atoms with Crippen LogP contribution in [0.2, 0.25) is 0 Å². The molecular formula is C24H14F3N2OS. The Kier molecular flexibility index (Phi) is 4.55. The van der Waals surface area contributed by atoms with Crippen LogP contribution in [0.4, 0.5) is 13.2 Å². The van der Waals surface area contributed by atoms with Gasteiger partial charge in [-0.3, -0.25) is 4.79 Å². The highest BCUT2D eigenvalue weighted by atomic mass is 32.1. The normalized spacial score (nSPS) is 11.5. The first-order valence-corrected chi connectivity index (χ1v) is 10.3. The zero-order valence-electron chi connectivity index (χ0n) is 16.0. The number of hydrogen-bond donors (Lipinski definition) is 1. The van der Waals surface area contributed by atoms with Crippen molar-refractivity contribution in [3.05, 3.63) is 94.6 Å². The van der Waals surface area contributed by atoms with Crippen LogP contribution in [0, 0.1) is 23.5 Å². The molecule has 5 aromatic rings. The summed E-state index contributed by atoms with van der Waals surface area (Å²) >= 11 is 1.57. The van der Waals surface area contributed by atoms with Crippen LogP contribution in [-0.4, -0.2) is 10.5 Å². The van der Waals surface area contributed by atoms with Gasteiger partial charge in [-0.05, 0) is 65.0 Å². The number of hydrogen-bond acceptors (Lipinski definition) is 2. The zero-order valence-corrected chi connectivity index (χ0v) is 16.8. The van der Waals surface area contributed by atoms with Crippen molar-refractivity contribution in [1.29, 1.82) is 0 Å². The molecule has 1 amide bonds. The van der Waals surface area contributed by atoms with Crippen molar-refractivity contribution in [2.75, 3.05) is 0 Å². The molecule has 0 aliphatic rings. The van der Waals surface area contributed by atoms with E-state index in [1.54, 1.807) is 29.5 Å². The van der Waals surface area contributed by atoms with Gasteiger partial charge in [-0.2, -0.15) is 0 Å². The fourth-order valence-electron chi connectivity index (χ4n) is 3.90. The fraction of sp³-hybridized carbons (Fsp3) is 0.0417. The van der Waals surface area contributed by atoms with Crippen LogP contribution in [0.25, 0.3) is 32.2 Å². The fourth-order valence-corrected chi connectivity index (χ4v) is 4.61. The first-order valence-electron chi connectivity index (χ1n) is 9.38. The molecule has 0 bridgehead atoms. The highest BCUT2D eigenvalue weighted by molar-refractivity contribution is 7.13.